The van der Waals surface area contributed by atoms with Crippen molar-refractivity contribution in [2.24, 2.45) is 0 Å². The Morgan fingerprint density at radius 3 is 2.43 bits per heavy atom. The van der Waals surface area contributed by atoms with Crippen molar-refractivity contribution in [2.45, 2.75) is 18.9 Å². The number of amides is 1. The molecule has 6 heteroatoms. The Hall–Kier alpha value is -1.82. The van der Waals surface area contributed by atoms with Crippen LogP contribution in [-0.2, 0) is 9.84 Å². The van der Waals surface area contributed by atoms with Crippen LogP contribution < -0.4 is 10.6 Å². The number of carbonyl (C=O) groups is 1. The van der Waals surface area contributed by atoms with Gasteiger partial charge in [-0.15, -0.1) is 6.58 Å². The van der Waals surface area contributed by atoms with Crippen molar-refractivity contribution < 1.29 is 13.2 Å². The highest BCUT2D eigenvalue weighted by Gasteiger charge is 2.23. The van der Waals surface area contributed by atoms with Crippen LogP contribution >= 0.6 is 0 Å². The van der Waals surface area contributed by atoms with Gasteiger partial charge in [0.1, 0.15) is 9.84 Å². The second-order valence-corrected chi connectivity index (χ2v) is 7.45. The molecule has 2 N–H and O–H groups in total. The minimum atomic E-state index is -2.84. The Kier molecular flexibility index (Phi) is 5.01. The Labute approximate surface area is 125 Å². The van der Waals surface area contributed by atoms with E-state index >= 15 is 0 Å². The zero-order valence-electron chi connectivity index (χ0n) is 11.8. The maximum Gasteiger partial charge on any atom is 0.251 e. The lowest BCUT2D eigenvalue weighted by Gasteiger charge is -2.24. The molecule has 1 amide bonds. The summed E-state index contributed by atoms with van der Waals surface area (Å²) in [7, 11) is -2.84. The van der Waals surface area contributed by atoms with Crippen molar-refractivity contribution in [3.63, 3.8) is 0 Å². The van der Waals surface area contributed by atoms with E-state index in [1.54, 1.807) is 18.2 Å². The average Bonchev–Trinajstić information content (AvgIpc) is 2.48. The van der Waals surface area contributed by atoms with Gasteiger partial charge in [0.15, 0.2) is 0 Å². The van der Waals surface area contributed by atoms with Gasteiger partial charge in [0, 0.05) is 23.8 Å². The SMILES string of the molecule is C=CCNC(=O)c1ccc(NC2CCS(=O)(=O)CC2)cc1. The topological polar surface area (TPSA) is 75.3 Å². The summed E-state index contributed by atoms with van der Waals surface area (Å²) in [5.74, 6) is 0.351. The number of carbonyl (C=O) groups excluding carboxylic acids is 1. The van der Waals surface area contributed by atoms with Crippen LogP contribution in [0.15, 0.2) is 36.9 Å². The monoisotopic (exact) mass is 308 g/mol. The third-order valence-corrected chi connectivity index (χ3v) is 5.19. The second-order valence-electron chi connectivity index (χ2n) is 5.15. The lowest BCUT2D eigenvalue weighted by Crippen LogP contribution is -2.32. The summed E-state index contributed by atoms with van der Waals surface area (Å²) in [4.78, 5) is 11.7. The molecule has 1 saturated heterocycles. The molecule has 1 aromatic rings. The summed E-state index contributed by atoms with van der Waals surface area (Å²) in [5, 5.41) is 6.03. The standard InChI is InChI=1S/C15H20N2O3S/c1-2-9-16-15(18)12-3-5-13(6-4-12)17-14-7-10-21(19,20)11-8-14/h2-6,14,17H,1,7-11H2,(H,16,18). The predicted octanol–water partition coefficient (Wildman–Crippen LogP) is 1.59. The number of nitrogens with one attached hydrogen (secondary N) is 2. The normalized spacial score (nSPS) is 17.9. The number of benzene rings is 1. The summed E-state index contributed by atoms with van der Waals surface area (Å²) in [5.41, 5.74) is 1.49. The summed E-state index contributed by atoms with van der Waals surface area (Å²) in [6, 6.07) is 7.35. The fourth-order valence-electron chi connectivity index (χ4n) is 2.25. The van der Waals surface area contributed by atoms with Crippen LogP contribution in [0.1, 0.15) is 23.2 Å². The van der Waals surface area contributed by atoms with Crippen LogP contribution in [0, 0.1) is 0 Å². The molecule has 1 fully saturated rings. The molecule has 0 unspecified atom stereocenters. The Morgan fingerprint density at radius 2 is 1.86 bits per heavy atom. The van der Waals surface area contributed by atoms with Gasteiger partial charge in [0.05, 0.1) is 11.5 Å². The van der Waals surface area contributed by atoms with E-state index in [2.05, 4.69) is 17.2 Å². The third-order valence-electron chi connectivity index (χ3n) is 3.48. The molecule has 21 heavy (non-hydrogen) atoms. The van der Waals surface area contributed by atoms with Crippen LogP contribution in [0.2, 0.25) is 0 Å². The van der Waals surface area contributed by atoms with Crippen molar-refractivity contribution in [3.05, 3.63) is 42.5 Å². The summed E-state index contributed by atoms with van der Waals surface area (Å²) in [6.07, 6.45) is 2.89. The molecule has 0 aliphatic carbocycles. The molecule has 0 atom stereocenters. The molecule has 0 saturated carbocycles. The van der Waals surface area contributed by atoms with E-state index in [9.17, 15) is 13.2 Å². The zero-order chi connectivity index (χ0) is 15.3. The molecule has 5 nitrogen and oxygen atoms in total. The first-order valence-corrected chi connectivity index (χ1v) is 8.78. The predicted molar refractivity (Wildman–Crippen MR) is 84.3 cm³/mol. The van der Waals surface area contributed by atoms with E-state index in [4.69, 9.17) is 0 Å². The highest BCUT2D eigenvalue weighted by Crippen LogP contribution is 2.18. The largest absolute Gasteiger partial charge is 0.382 e. The number of hydrogen-bond donors (Lipinski definition) is 2. The Bertz CT molecular complexity index is 594. The molecule has 0 radical (unpaired) electrons. The maximum atomic E-state index is 11.7. The van der Waals surface area contributed by atoms with Crippen molar-refractivity contribution in [1.82, 2.24) is 5.32 Å². The van der Waals surface area contributed by atoms with Crippen LogP contribution in [0.3, 0.4) is 0 Å². The van der Waals surface area contributed by atoms with Gasteiger partial charge in [-0.3, -0.25) is 4.79 Å². The van der Waals surface area contributed by atoms with E-state index in [0.717, 1.165) is 5.69 Å². The molecule has 114 valence electrons. The highest BCUT2D eigenvalue weighted by molar-refractivity contribution is 7.91. The first-order valence-electron chi connectivity index (χ1n) is 6.96. The Morgan fingerprint density at radius 1 is 1.24 bits per heavy atom. The lowest BCUT2D eigenvalue weighted by atomic mass is 10.1. The second kappa shape index (κ2) is 6.76. The van der Waals surface area contributed by atoms with Crippen molar-refractivity contribution in [3.8, 4) is 0 Å². The van der Waals surface area contributed by atoms with Gasteiger partial charge in [0.2, 0.25) is 0 Å². The van der Waals surface area contributed by atoms with Crippen molar-refractivity contribution in [2.75, 3.05) is 23.4 Å². The number of anilines is 1. The minimum Gasteiger partial charge on any atom is -0.382 e. The van der Waals surface area contributed by atoms with E-state index in [1.807, 2.05) is 12.1 Å². The summed E-state index contributed by atoms with van der Waals surface area (Å²) >= 11 is 0. The molecule has 1 aliphatic rings. The van der Waals surface area contributed by atoms with Gasteiger partial charge < -0.3 is 10.6 Å². The highest BCUT2D eigenvalue weighted by atomic mass is 32.2. The summed E-state index contributed by atoms with van der Waals surface area (Å²) in [6.45, 7) is 3.99. The lowest BCUT2D eigenvalue weighted by molar-refractivity contribution is 0.0958. The van der Waals surface area contributed by atoms with Crippen molar-refractivity contribution >= 4 is 21.4 Å². The molecule has 0 aromatic heterocycles. The smallest absolute Gasteiger partial charge is 0.251 e. The molecular weight excluding hydrogens is 288 g/mol. The minimum absolute atomic E-state index is 0.134. The average molecular weight is 308 g/mol. The van der Waals surface area contributed by atoms with E-state index in [-0.39, 0.29) is 23.5 Å². The van der Waals surface area contributed by atoms with E-state index in [1.165, 1.54) is 0 Å². The fourth-order valence-corrected chi connectivity index (χ4v) is 3.75. The van der Waals surface area contributed by atoms with Crippen LogP contribution in [0.25, 0.3) is 0 Å². The number of sulfone groups is 1. The van der Waals surface area contributed by atoms with Gasteiger partial charge >= 0.3 is 0 Å². The van der Waals surface area contributed by atoms with Gasteiger partial charge in [-0.25, -0.2) is 8.42 Å². The van der Waals surface area contributed by atoms with Crippen LogP contribution in [-0.4, -0.2) is 38.4 Å². The fraction of sp³-hybridized carbons (Fsp3) is 0.400. The molecule has 0 bridgehead atoms. The molecule has 1 heterocycles. The quantitative estimate of drug-likeness (QED) is 0.810. The van der Waals surface area contributed by atoms with E-state index < -0.39 is 9.84 Å². The van der Waals surface area contributed by atoms with E-state index in [0.29, 0.717) is 24.9 Å². The molecule has 0 spiro atoms. The zero-order valence-corrected chi connectivity index (χ0v) is 12.7. The first kappa shape index (κ1) is 15.6. The van der Waals surface area contributed by atoms with Gasteiger partial charge in [-0.1, -0.05) is 6.08 Å². The van der Waals surface area contributed by atoms with Crippen LogP contribution in [0.4, 0.5) is 5.69 Å². The molecular formula is C15H20N2O3S. The maximum absolute atomic E-state index is 11.7. The molecule has 1 aromatic carbocycles. The summed E-state index contributed by atoms with van der Waals surface area (Å²) < 4.78 is 22.8. The first-order chi connectivity index (χ1) is 10.00. The molecule has 2 rings (SSSR count). The van der Waals surface area contributed by atoms with Gasteiger partial charge in [-0.05, 0) is 37.1 Å². The van der Waals surface area contributed by atoms with Gasteiger partial charge in [-0.2, -0.15) is 0 Å². The number of hydrogen-bond acceptors (Lipinski definition) is 4. The van der Waals surface area contributed by atoms with Crippen LogP contribution in [0.5, 0.6) is 0 Å². The Balaban J connectivity index is 1.91. The number of rotatable bonds is 5. The molecule has 1 aliphatic heterocycles. The van der Waals surface area contributed by atoms with Crippen molar-refractivity contribution in [1.29, 1.82) is 0 Å². The third kappa shape index (κ3) is 4.60. The van der Waals surface area contributed by atoms with Gasteiger partial charge in [0.25, 0.3) is 5.91 Å².